The molecule has 2 aromatic carbocycles. The minimum Gasteiger partial charge on any atom is -0.324 e. The number of benzene rings is 2. The van der Waals surface area contributed by atoms with E-state index in [1.165, 1.54) is 29.1 Å². The first kappa shape index (κ1) is 18.0. The molecule has 2 aromatic heterocycles. The summed E-state index contributed by atoms with van der Waals surface area (Å²) in [6.45, 7) is 1.77. The third kappa shape index (κ3) is 3.54. The number of carbonyl (C=O) groups is 1. The predicted molar refractivity (Wildman–Crippen MR) is 107 cm³/mol. The van der Waals surface area contributed by atoms with Gasteiger partial charge in [-0.2, -0.15) is 4.37 Å². The molecule has 6 nitrogen and oxygen atoms in total. The molecule has 0 aliphatic carbocycles. The number of nitrogens with zero attached hydrogens (tertiary/aromatic N) is 3. The molecule has 140 valence electrons. The molecular formula is C20H15FN4O2S. The average molecular weight is 394 g/mol. The highest BCUT2D eigenvalue weighted by Gasteiger charge is 2.15. The average Bonchev–Trinajstić information content (AvgIpc) is 3.09. The standard InChI is InChI=1S/C20H15FN4O2S/c1-12-5-7-13(8-6-12)17-18-19(28-24-17)20(27)25(11-22-18)10-16(26)23-15-4-2-3-14(21)9-15/h2-9,11H,10H2,1H3,(H,23,26). The van der Waals surface area contributed by atoms with Crippen LogP contribution in [0.2, 0.25) is 0 Å². The first-order valence-electron chi connectivity index (χ1n) is 8.48. The van der Waals surface area contributed by atoms with Gasteiger partial charge < -0.3 is 5.32 Å². The number of rotatable bonds is 4. The number of aryl methyl sites for hydroxylation is 1. The van der Waals surface area contributed by atoms with Crippen LogP contribution in [0.3, 0.4) is 0 Å². The van der Waals surface area contributed by atoms with Gasteiger partial charge in [0.25, 0.3) is 5.56 Å². The minimum absolute atomic E-state index is 0.226. The number of hydrogen-bond donors (Lipinski definition) is 1. The van der Waals surface area contributed by atoms with Crippen LogP contribution in [0.4, 0.5) is 10.1 Å². The topological polar surface area (TPSA) is 76.9 Å². The summed E-state index contributed by atoms with van der Waals surface area (Å²) in [6.07, 6.45) is 1.34. The number of halogens is 1. The van der Waals surface area contributed by atoms with Crippen LogP contribution in [0.5, 0.6) is 0 Å². The molecule has 1 amide bonds. The first-order valence-corrected chi connectivity index (χ1v) is 9.26. The molecule has 0 saturated carbocycles. The molecule has 28 heavy (non-hydrogen) atoms. The Morgan fingerprint density at radius 2 is 2.00 bits per heavy atom. The molecule has 2 heterocycles. The van der Waals surface area contributed by atoms with E-state index in [0.29, 0.717) is 21.6 Å². The van der Waals surface area contributed by atoms with Crippen molar-refractivity contribution < 1.29 is 9.18 Å². The summed E-state index contributed by atoms with van der Waals surface area (Å²) in [5.74, 6) is -0.900. The molecule has 0 spiro atoms. The predicted octanol–water partition coefficient (Wildman–Crippen LogP) is 3.61. The van der Waals surface area contributed by atoms with E-state index in [0.717, 1.165) is 22.7 Å². The van der Waals surface area contributed by atoms with E-state index in [1.807, 2.05) is 31.2 Å². The summed E-state index contributed by atoms with van der Waals surface area (Å²) in [7, 11) is 0. The third-order valence-corrected chi connectivity index (χ3v) is 5.02. The monoisotopic (exact) mass is 394 g/mol. The fourth-order valence-corrected chi connectivity index (χ4v) is 3.60. The van der Waals surface area contributed by atoms with Gasteiger partial charge in [0.1, 0.15) is 28.3 Å². The molecule has 0 saturated heterocycles. The highest BCUT2D eigenvalue weighted by Crippen LogP contribution is 2.27. The summed E-state index contributed by atoms with van der Waals surface area (Å²) in [4.78, 5) is 29.3. The summed E-state index contributed by atoms with van der Waals surface area (Å²) in [5.41, 5.74) is 3.16. The quantitative estimate of drug-likeness (QED) is 0.574. The van der Waals surface area contributed by atoms with Crippen LogP contribution < -0.4 is 10.9 Å². The van der Waals surface area contributed by atoms with Crippen LogP contribution in [0.1, 0.15) is 5.56 Å². The van der Waals surface area contributed by atoms with E-state index in [2.05, 4.69) is 14.7 Å². The van der Waals surface area contributed by atoms with Crippen LogP contribution >= 0.6 is 11.5 Å². The smallest absolute Gasteiger partial charge is 0.273 e. The zero-order chi connectivity index (χ0) is 19.7. The van der Waals surface area contributed by atoms with Crippen molar-refractivity contribution in [3.8, 4) is 11.3 Å². The first-order chi connectivity index (χ1) is 13.5. The van der Waals surface area contributed by atoms with Gasteiger partial charge >= 0.3 is 0 Å². The molecule has 0 aliphatic heterocycles. The Labute approximate surface area is 163 Å². The van der Waals surface area contributed by atoms with Gasteiger partial charge in [-0.25, -0.2) is 9.37 Å². The number of nitrogens with one attached hydrogen (secondary N) is 1. The zero-order valence-electron chi connectivity index (χ0n) is 14.8. The van der Waals surface area contributed by atoms with Crippen LogP contribution in [0, 0.1) is 12.7 Å². The van der Waals surface area contributed by atoms with Crippen molar-refractivity contribution in [2.75, 3.05) is 5.32 Å². The number of amides is 1. The van der Waals surface area contributed by atoms with Gasteiger partial charge in [0.2, 0.25) is 5.91 Å². The van der Waals surface area contributed by atoms with Gasteiger partial charge in [0.15, 0.2) is 0 Å². The largest absolute Gasteiger partial charge is 0.324 e. The Kier molecular flexibility index (Phi) is 4.70. The molecular weight excluding hydrogens is 379 g/mol. The maximum atomic E-state index is 13.2. The maximum Gasteiger partial charge on any atom is 0.273 e. The van der Waals surface area contributed by atoms with Gasteiger partial charge in [-0.3, -0.25) is 14.2 Å². The highest BCUT2D eigenvalue weighted by molar-refractivity contribution is 7.13. The second-order valence-corrected chi connectivity index (χ2v) is 7.08. The molecule has 0 bridgehead atoms. The Morgan fingerprint density at radius 1 is 1.21 bits per heavy atom. The molecule has 8 heteroatoms. The maximum absolute atomic E-state index is 13.2. The summed E-state index contributed by atoms with van der Waals surface area (Å²) < 4.78 is 19.2. The number of hydrogen-bond acceptors (Lipinski definition) is 5. The fraction of sp³-hybridized carbons (Fsp3) is 0.100. The lowest BCUT2D eigenvalue weighted by molar-refractivity contribution is -0.116. The van der Waals surface area contributed by atoms with E-state index < -0.39 is 11.7 Å². The lowest BCUT2D eigenvalue weighted by atomic mass is 10.1. The molecule has 1 N–H and O–H groups in total. The number of aromatic nitrogens is 3. The Balaban J connectivity index is 1.61. The Bertz CT molecular complexity index is 1230. The van der Waals surface area contributed by atoms with Crippen molar-refractivity contribution in [1.82, 2.24) is 13.9 Å². The lowest BCUT2D eigenvalue weighted by Gasteiger charge is -2.07. The molecule has 0 unspecified atom stereocenters. The van der Waals surface area contributed by atoms with Crippen LogP contribution in [-0.2, 0) is 11.3 Å². The number of fused-ring (bicyclic) bond motifs is 1. The fourth-order valence-electron chi connectivity index (χ4n) is 2.79. The van der Waals surface area contributed by atoms with Gasteiger partial charge in [-0.05, 0) is 36.7 Å². The highest BCUT2D eigenvalue weighted by atomic mass is 32.1. The molecule has 4 rings (SSSR count). The zero-order valence-corrected chi connectivity index (χ0v) is 15.7. The van der Waals surface area contributed by atoms with Gasteiger partial charge in [0, 0.05) is 11.3 Å². The van der Waals surface area contributed by atoms with E-state index in [4.69, 9.17) is 0 Å². The number of carbonyl (C=O) groups excluding carboxylic acids is 1. The van der Waals surface area contributed by atoms with Crippen molar-refractivity contribution >= 4 is 33.3 Å². The molecule has 4 aromatic rings. The van der Waals surface area contributed by atoms with E-state index in [1.54, 1.807) is 6.07 Å². The van der Waals surface area contributed by atoms with Crippen LogP contribution in [0.25, 0.3) is 21.5 Å². The van der Waals surface area contributed by atoms with Crippen LogP contribution in [0.15, 0.2) is 59.7 Å². The van der Waals surface area contributed by atoms with Crippen LogP contribution in [-0.4, -0.2) is 19.8 Å². The van der Waals surface area contributed by atoms with E-state index in [9.17, 15) is 14.0 Å². The summed E-state index contributed by atoms with van der Waals surface area (Å²) >= 11 is 1.06. The molecule has 0 fully saturated rings. The normalized spacial score (nSPS) is 10.9. The second kappa shape index (κ2) is 7.32. The van der Waals surface area contributed by atoms with E-state index >= 15 is 0 Å². The van der Waals surface area contributed by atoms with Gasteiger partial charge in [-0.1, -0.05) is 35.9 Å². The van der Waals surface area contributed by atoms with Gasteiger partial charge in [0.05, 0.1) is 6.33 Å². The molecule has 0 aliphatic rings. The molecule has 0 atom stereocenters. The number of anilines is 1. The Hall–Kier alpha value is -3.39. The van der Waals surface area contributed by atoms with E-state index in [-0.39, 0.29) is 12.1 Å². The van der Waals surface area contributed by atoms with Crippen molar-refractivity contribution in [2.24, 2.45) is 0 Å². The summed E-state index contributed by atoms with van der Waals surface area (Å²) in [5, 5.41) is 2.56. The Morgan fingerprint density at radius 3 is 2.75 bits per heavy atom. The summed E-state index contributed by atoms with van der Waals surface area (Å²) in [6, 6.07) is 13.4. The third-order valence-electron chi connectivity index (χ3n) is 4.20. The SMILES string of the molecule is Cc1ccc(-c2nsc3c(=O)n(CC(=O)Nc4cccc(F)c4)cnc23)cc1. The van der Waals surface area contributed by atoms with Crippen molar-refractivity contribution in [2.45, 2.75) is 13.5 Å². The van der Waals surface area contributed by atoms with Gasteiger partial charge in [-0.15, -0.1) is 0 Å². The van der Waals surface area contributed by atoms with Crippen molar-refractivity contribution in [3.05, 3.63) is 76.6 Å². The minimum atomic E-state index is -0.452. The lowest BCUT2D eigenvalue weighted by Crippen LogP contribution is -2.27. The second-order valence-electron chi connectivity index (χ2n) is 6.31. The van der Waals surface area contributed by atoms with Crippen molar-refractivity contribution in [1.29, 1.82) is 0 Å². The molecule has 0 radical (unpaired) electrons. The van der Waals surface area contributed by atoms with Crippen molar-refractivity contribution in [3.63, 3.8) is 0 Å².